The lowest BCUT2D eigenvalue weighted by Gasteiger charge is -2.42. The van der Waals surface area contributed by atoms with E-state index < -0.39 is 92.7 Å². The van der Waals surface area contributed by atoms with Crippen LogP contribution < -0.4 is 0 Å². The van der Waals surface area contributed by atoms with Crippen LogP contribution in [0.1, 0.15) is 168 Å². The number of hydrogen-bond donors (Lipinski definition) is 7. The topological polar surface area (TPSA) is 231 Å². The van der Waals surface area contributed by atoms with Crippen LogP contribution in [-0.2, 0) is 38.0 Å². The SMILES string of the molecule is CCCCCC/C=C/C=C/CCCCCCCC(=O)O[C@H](COC(=O)CCCCCCCCCCCCC)CO[C@@H]1O[C@H](CO[C@@H]2O[C@H](CO)[C@H](O)C(O)C2O)[C@H](O)C(O)C1O. The van der Waals surface area contributed by atoms with E-state index in [0.29, 0.717) is 12.8 Å². The van der Waals surface area contributed by atoms with Crippen molar-refractivity contribution in [3.05, 3.63) is 24.3 Å². The van der Waals surface area contributed by atoms with E-state index in [4.69, 9.17) is 28.4 Å². The molecule has 0 aromatic rings. The Morgan fingerprint density at radius 3 is 1.48 bits per heavy atom. The fraction of sp³-hybridized carbons (Fsp3) is 0.872. The minimum Gasteiger partial charge on any atom is -0.462 e. The van der Waals surface area contributed by atoms with Gasteiger partial charge in [0.2, 0.25) is 0 Å². The molecule has 362 valence electrons. The molecule has 2 saturated heterocycles. The van der Waals surface area contributed by atoms with Crippen molar-refractivity contribution in [3.8, 4) is 0 Å². The molecule has 0 amide bonds. The Labute approximate surface area is 371 Å². The molecule has 15 heteroatoms. The van der Waals surface area contributed by atoms with Crippen molar-refractivity contribution in [1.29, 1.82) is 0 Å². The number of rotatable bonds is 36. The molecular formula is C47H84O15. The summed E-state index contributed by atoms with van der Waals surface area (Å²) in [6, 6.07) is 0. The van der Waals surface area contributed by atoms with Crippen LogP contribution in [0.5, 0.6) is 0 Å². The average molecular weight is 889 g/mol. The van der Waals surface area contributed by atoms with Gasteiger partial charge in [-0.25, -0.2) is 0 Å². The van der Waals surface area contributed by atoms with Gasteiger partial charge in [-0.05, 0) is 38.5 Å². The van der Waals surface area contributed by atoms with Gasteiger partial charge in [-0.3, -0.25) is 9.59 Å². The smallest absolute Gasteiger partial charge is 0.306 e. The Balaban J connectivity index is 1.85. The first-order valence-electron chi connectivity index (χ1n) is 23.9. The highest BCUT2D eigenvalue weighted by molar-refractivity contribution is 5.70. The van der Waals surface area contributed by atoms with E-state index in [-0.39, 0.29) is 26.1 Å². The van der Waals surface area contributed by atoms with Crippen molar-refractivity contribution in [3.63, 3.8) is 0 Å². The molecule has 0 spiro atoms. The maximum Gasteiger partial charge on any atom is 0.306 e. The summed E-state index contributed by atoms with van der Waals surface area (Å²) >= 11 is 0. The van der Waals surface area contributed by atoms with E-state index >= 15 is 0 Å². The monoisotopic (exact) mass is 889 g/mol. The van der Waals surface area contributed by atoms with Crippen LogP contribution in [-0.4, -0.2) is 142 Å². The molecule has 15 nitrogen and oxygen atoms in total. The molecule has 11 atom stereocenters. The Bertz CT molecular complexity index is 1180. The molecular weight excluding hydrogens is 805 g/mol. The van der Waals surface area contributed by atoms with Gasteiger partial charge in [0.25, 0.3) is 0 Å². The largest absolute Gasteiger partial charge is 0.462 e. The zero-order valence-electron chi connectivity index (χ0n) is 37.9. The second-order valence-electron chi connectivity index (χ2n) is 17.0. The summed E-state index contributed by atoms with van der Waals surface area (Å²) in [7, 11) is 0. The van der Waals surface area contributed by atoms with Crippen molar-refractivity contribution in [1.82, 2.24) is 0 Å². The lowest BCUT2D eigenvalue weighted by Crippen LogP contribution is -2.61. The van der Waals surface area contributed by atoms with Crippen molar-refractivity contribution in [2.45, 2.75) is 235 Å². The Hall–Kier alpha value is -2.02. The Kier molecular flexibility index (Phi) is 31.9. The minimum atomic E-state index is -1.76. The fourth-order valence-electron chi connectivity index (χ4n) is 7.44. The van der Waals surface area contributed by atoms with Gasteiger partial charge >= 0.3 is 11.9 Å². The predicted molar refractivity (Wildman–Crippen MR) is 234 cm³/mol. The zero-order chi connectivity index (χ0) is 45.4. The minimum absolute atomic E-state index is 0.150. The third-order valence-electron chi connectivity index (χ3n) is 11.5. The normalized spacial score (nSPS) is 27.2. The van der Waals surface area contributed by atoms with Gasteiger partial charge in [0.05, 0.1) is 19.8 Å². The standard InChI is InChI=1S/C47H84O15/c1-3-5-7-9-11-13-15-16-17-18-20-22-24-26-28-30-39(50)60-35(32-57-38(49)29-27-25-23-21-19-14-12-10-8-6-4-2)33-58-46-45(56)43(54)41(52)37(62-46)34-59-47-44(55)42(53)40(51)36(31-48)61-47/h13,15-17,35-37,40-48,51-56H,3-12,14,18-34H2,1-2H3/b15-13+,17-16+/t35-,36-,37-,40+,41+,42?,43?,44?,45?,46-,47-/m1/s1. The number of unbranched alkanes of at least 4 members (excludes halogenated alkanes) is 19. The van der Waals surface area contributed by atoms with Crippen molar-refractivity contribution >= 4 is 11.9 Å². The highest BCUT2D eigenvalue weighted by Crippen LogP contribution is 2.26. The first kappa shape index (κ1) is 56.1. The molecule has 0 aromatic heterocycles. The van der Waals surface area contributed by atoms with Gasteiger partial charge in [0.15, 0.2) is 18.7 Å². The maximum atomic E-state index is 12.9. The Morgan fingerprint density at radius 1 is 0.516 bits per heavy atom. The van der Waals surface area contributed by atoms with Gasteiger partial charge in [-0.2, -0.15) is 0 Å². The first-order valence-corrected chi connectivity index (χ1v) is 23.9. The van der Waals surface area contributed by atoms with Gasteiger partial charge in [-0.15, -0.1) is 0 Å². The van der Waals surface area contributed by atoms with Gasteiger partial charge in [0, 0.05) is 12.8 Å². The number of aliphatic hydroxyl groups excluding tert-OH is 7. The van der Waals surface area contributed by atoms with E-state index in [0.717, 1.165) is 57.8 Å². The summed E-state index contributed by atoms with van der Waals surface area (Å²) in [5, 5.41) is 71.9. The highest BCUT2D eigenvalue weighted by Gasteiger charge is 2.47. The number of ether oxygens (including phenoxy) is 6. The molecule has 0 saturated carbocycles. The van der Waals surface area contributed by atoms with Crippen molar-refractivity contribution < 1.29 is 73.8 Å². The van der Waals surface area contributed by atoms with Crippen LogP contribution in [0, 0.1) is 0 Å². The number of esters is 2. The van der Waals surface area contributed by atoms with Crippen LogP contribution in [0.2, 0.25) is 0 Å². The van der Waals surface area contributed by atoms with E-state index in [1.807, 2.05) is 0 Å². The van der Waals surface area contributed by atoms with Crippen molar-refractivity contribution in [2.24, 2.45) is 0 Å². The van der Waals surface area contributed by atoms with E-state index in [9.17, 15) is 45.3 Å². The molecule has 2 aliphatic heterocycles. The molecule has 2 rings (SSSR count). The van der Waals surface area contributed by atoms with E-state index in [2.05, 4.69) is 38.2 Å². The number of aliphatic hydroxyl groups is 7. The summed E-state index contributed by atoms with van der Waals surface area (Å²) < 4.78 is 33.5. The third kappa shape index (κ3) is 23.8. The number of carbonyl (C=O) groups is 2. The lowest BCUT2D eigenvalue weighted by molar-refractivity contribution is -0.332. The number of carbonyl (C=O) groups excluding carboxylic acids is 2. The van der Waals surface area contributed by atoms with E-state index in [1.165, 1.54) is 70.6 Å². The molecule has 0 bridgehead atoms. The molecule has 2 heterocycles. The molecule has 0 aromatic carbocycles. The highest BCUT2D eigenvalue weighted by atomic mass is 16.7. The molecule has 62 heavy (non-hydrogen) atoms. The molecule has 2 aliphatic rings. The fourth-order valence-corrected chi connectivity index (χ4v) is 7.44. The summed E-state index contributed by atoms with van der Waals surface area (Å²) in [4.78, 5) is 25.6. The van der Waals surface area contributed by atoms with Crippen LogP contribution in [0.3, 0.4) is 0 Å². The molecule has 0 radical (unpaired) electrons. The first-order chi connectivity index (χ1) is 30.0. The summed E-state index contributed by atoms with van der Waals surface area (Å²) in [5.41, 5.74) is 0. The lowest BCUT2D eigenvalue weighted by atomic mass is 9.98. The average Bonchev–Trinajstić information content (AvgIpc) is 3.26. The van der Waals surface area contributed by atoms with Crippen LogP contribution >= 0.6 is 0 Å². The quantitative estimate of drug-likeness (QED) is 0.0231. The Morgan fingerprint density at radius 2 is 0.952 bits per heavy atom. The molecule has 0 aliphatic carbocycles. The summed E-state index contributed by atoms with van der Waals surface area (Å²) in [5.74, 6) is -0.941. The maximum absolute atomic E-state index is 12.9. The third-order valence-corrected chi connectivity index (χ3v) is 11.5. The van der Waals surface area contributed by atoms with Crippen LogP contribution in [0.4, 0.5) is 0 Å². The molecule has 7 N–H and O–H groups in total. The van der Waals surface area contributed by atoms with Crippen molar-refractivity contribution in [2.75, 3.05) is 26.4 Å². The summed E-state index contributed by atoms with van der Waals surface area (Å²) in [6.07, 6.45) is 16.4. The predicted octanol–water partition coefficient (Wildman–Crippen LogP) is 5.60. The second-order valence-corrected chi connectivity index (χ2v) is 17.0. The number of hydrogen-bond acceptors (Lipinski definition) is 15. The zero-order valence-corrected chi connectivity index (χ0v) is 37.9. The summed E-state index contributed by atoms with van der Waals surface area (Å²) in [6.45, 7) is 2.53. The van der Waals surface area contributed by atoms with E-state index in [1.54, 1.807) is 0 Å². The number of allylic oxidation sites excluding steroid dienone is 4. The second kappa shape index (κ2) is 35.3. The van der Waals surface area contributed by atoms with Gasteiger partial charge in [-0.1, -0.05) is 141 Å². The van der Waals surface area contributed by atoms with Gasteiger partial charge in [0.1, 0.15) is 55.4 Å². The van der Waals surface area contributed by atoms with Gasteiger partial charge < -0.3 is 64.2 Å². The van der Waals surface area contributed by atoms with Crippen LogP contribution in [0.25, 0.3) is 0 Å². The molecule has 2 fully saturated rings. The molecule has 4 unspecified atom stereocenters. The van der Waals surface area contributed by atoms with Crippen LogP contribution in [0.15, 0.2) is 24.3 Å².